The van der Waals surface area contributed by atoms with E-state index in [9.17, 15) is 18.5 Å². The predicted molar refractivity (Wildman–Crippen MR) is 94.9 cm³/mol. The quantitative estimate of drug-likeness (QED) is 0.616. The molecule has 0 N–H and O–H groups in total. The third-order valence-electron chi connectivity index (χ3n) is 4.83. The van der Waals surface area contributed by atoms with Gasteiger partial charge in [-0.15, -0.1) is 0 Å². The summed E-state index contributed by atoms with van der Waals surface area (Å²) in [6.45, 7) is 1.59. The molecule has 0 fully saturated rings. The van der Waals surface area contributed by atoms with E-state index in [0.29, 0.717) is 5.56 Å². The molecule has 1 aliphatic rings. The molecular formula is C18H20N2O4S. The molecule has 2 aromatic rings. The van der Waals surface area contributed by atoms with Gasteiger partial charge in [0, 0.05) is 24.7 Å². The second-order valence-electron chi connectivity index (χ2n) is 6.33. The fourth-order valence-corrected chi connectivity index (χ4v) is 4.77. The predicted octanol–water partition coefficient (Wildman–Crippen LogP) is 3.60. The van der Waals surface area contributed by atoms with Crippen LogP contribution < -0.4 is 0 Å². The summed E-state index contributed by atoms with van der Waals surface area (Å²) in [4.78, 5) is 10.5. The molecule has 0 radical (unpaired) electrons. The Kier molecular flexibility index (Phi) is 4.62. The van der Waals surface area contributed by atoms with Crippen molar-refractivity contribution < 1.29 is 13.3 Å². The van der Waals surface area contributed by atoms with E-state index in [0.717, 1.165) is 36.5 Å². The number of hydrogen-bond donors (Lipinski definition) is 0. The van der Waals surface area contributed by atoms with E-state index in [-0.39, 0.29) is 16.6 Å². The summed E-state index contributed by atoms with van der Waals surface area (Å²) in [5.74, 6) is 0. The first-order valence-corrected chi connectivity index (χ1v) is 9.57. The van der Waals surface area contributed by atoms with Crippen molar-refractivity contribution in [2.45, 2.75) is 37.1 Å². The van der Waals surface area contributed by atoms with E-state index in [1.54, 1.807) is 14.0 Å². The maximum atomic E-state index is 13.0. The van der Waals surface area contributed by atoms with Crippen molar-refractivity contribution in [2.75, 3.05) is 7.05 Å². The molecule has 1 aliphatic carbocycles. The zero-order valence-electron chi connectivity index (χ0n) is 14.2. The summed E-state index contributed by atoms with van der Waals surface area (Å²) in [5.41, 5.74) is 2.44. The van der Waals surface area contributed by atoms with Crippen LogP contribution in [0.1, 0.15) is 35.6 Å². The Bertz CT molecular complexity index is 924. The number of nitro groups is 1. The maximum Gasteiger partial charge on any atom is 0.273 e. The first-order chi connectivity index (χ1) is 11.8. The lowest BCUT2D eigenvalue weighted by atomic mass is 9.88. The highest BCUT2D eigenvalue weighted by Crippen LogP contribution is 2.36. The van der Waals surface area contributed by atoms with Crippen LogP contribution in [-0.2, 0) is 16.4 Å². The molecule has 0 saturated carbocycles. The minimum absolute atomic E-state index is 0.0460. The first kappa shape index (κ1) is 17.6. The molecule has 2 aromatic carbocycles. The second-order valence-corrected chi connectivity index (χ2v) is 8.33. The van der Waals surface area contributed by atoms with Crippen molar-refractivity contribution in [1.29, 1.82) is 0 Å². The van der Waals surface area contributed by atoms with Gasteiger partial charge in [0.05, 0.1) is 9.82 Å². The van der Waals surface area contributed by atoms with Gasteiger partial charge in [0.1, 0.15) is 0 Å². The number of nitrogens with zero attached hydrogens (tertiary/aromatic N) is 2. The van der Waals surface area contributed by atoms with Crippen molar-refractivity contribution in [3.63, 3.8) is 0 Å². The van der Waals surface area contributed by atoms with Crippen LogP contribution in [0.4, 0.5) is 5.69 Å². The van der Waals surface area contributed by atoms with Crippen molar-refractivity contribution in [3.05, 3.63) is 69.3 Å². The third kappa shape index (κ3) is 3.17. The van der Waals surface area contributed by atoms with E-state index in [1.807, 2.05) is 24.3 Å². The molecule has 0 bridgehead atoms. The van der Waals surface area contributed by atoms with Crippen molar-refractivity contribution in [1.82, 2.24) is 4.31 Å². The van der Waals surface area contributed by atoms with Gasteiger partial charge in [-0.05, 0) is 43.4 Å². The van der Waals surface area contributed by atoms with E-state index in [4.69, 9.17) is 0 Å². The Morgan fingerprint density at radius 1 is 1.20 bits per heavy atom. The Morgan fingerprint density at radius 2 is 1.92 bits per heavy atom. The minimum Gasteiger partial charge on any atom is -0.258 e. The SMILES string of the molecule is Cc1ccc(S(=O)(=O)N(C)[C@H]2CCCc3ccccc32)cc1[N+](=O)[O-]. The molecule has 0 spiro atoms. The number of rotatable bonds is 4. The highest BCUT2D eigenvalue weighted by atomic mass is 32.2. The van der Waals surface area contributed by atoms with Gasteiger partial charge < -0.3 is 0 Å². The number of nitro benzene ring substituents is 1. The average Bonchev–Trinajstić information content (AvgIpc) is 2.60. The topological polar surface area (TPSA) is 80.5 Å². The molecule has 132 valence electrons. The molecule has 0 unspecified atom stereocenters. The summed E-state index contributed by atoms with van der Waals surface area (Å²) in [6, 6.07) is 11.7. The smallest absolute Gasteiger partial charge is 0.258 e. The van der Waals surface area contributed by atoms with Crippen LogP contribution in [0, 0.1) is 17.0 Å². The highest BCUT2D eigenvalue weighted by molar-refractivity contribution is 7.89. The van der Waals surface area contributed by atoms with Crippen LogP contribution in [0.2, 0.25) is 0 Å². The Balaban J connectivity index is 2.01. The van der Waals surface area contributed by atoms with Gasteiger partial charge in [-0.2, -0.15) is 4.31 Å². The van der Waals surface area contributed by atoms with Crippen molar-refractivity contribution in [3.8, 4) is 0 Å². The zero-order valence-corrected chi connectivity index (χ0v) is 15.0. The molecule has 0 aromatic heterocycles. The summed E-state index contributed by atoms with van der Waals surface area (Å²) < 4.78 is 27.4. The van der Waals surface area contributed by atoms with E-state index >= 15 is 0 Å². The lowest BCUT2D eigenvalue weighted by molar-refractivity contribution is -0.385. The molecule has 1 atom stereocenters. The highest BCUT2D eigenvalue weighted by Gasteiger charge is 2.32. The van der Waals surface area contributed by atoms with Crippen LogP contribution in [0.3, 0.4) is 0 Å². The maximum absolute atomic E-state index is 13.0. The fourth-order valence-electron chi connectivity index (χ4n) is 3.39. The largest absolute Gasteiger partial charge is 0.273 e. The fraction of sp³-hybridized carbons (Fsp3) is 0.333. The molecule has 0 saturated heterocycles. The minimum atomic E-state index is -3.83. The third-order valence-corrected chi connectivity index (χ3v) is 6.69. The van der Waals surface area contributed by atoms with Crippen LogP contribution in [0.25, 0.3) is 0 Å². The number of fused-ring (bicyclic) bond motifs is 1. The lowest BCUT2D eigenvalue weighted by Crippen LogP contribution is -2.33. The normalized spacial score (nSPS) is 17.3. The zero-order chi connectivity index (χ0) is 18.2. The molecule has 0 amide bonds. The summed E-state index contributed by atoms with van der Waals surface area (Å²) in [7, 11) is -2.28. The van der Waals surface area contributed by atoms with Gasteiger partial charge in [0.25, 0.3) is 5.69 Å². The van der Waals surface area contributed by atoms with E-state index < -0.39 is 14.9 Å². The first-order valence-electron chi connectivity index (χ1n) is 8.13. The van der Waals surface area contributed by atoms with Crippen LogP contribution in [0.15, 0.2) is 47.4 Å². The van der Waals surface area contributed by atoms with Gasteiger partial charge >= 0.3 is 0 Å². The number of benzene rings is 2. The van der Waals surface area contributed by atoms with Gasteiger partial charge in [-0.25, -0.2) is 8.42 Å². The summed E-state index contributed by atoms with van der Waals surface area (Å²) in [6.07, 6.45) is 2.59. The number of hydrogen-bond acceptors (Lipinski definition) is 4. The Hall–Kier alpha value is -2.25. The second kappa shape index (κ2) is 6.57. The van der Waals surface area contributed by atoms with Gasteiger partial charge in [0.15, 0.2) is 0 Å². The molecule has 25 heavy (non-hydrogen) atoms. The van der Waals surface area contributed by atoms with Crippen LogP contribution in [-0.4, -0.2) is 24.7 Å². The molecular weight excluding hydrogens is 340 g/mol. The number of sulfonamides is 1. The van der Waals surface area contributed by atoms with Crippen molar-refractivity contribution >= 4 is 15.7 Å². The van der Waals surface area contributed by atoms with E-state index in [2.05, 4.69) is 0 Å². The standard InChI is InChI=1S/C18H20N2O4S/c1-13-10-11-15(12-18(13)20(21)22)25(23,24)19(2)17-9-5-7-14-6-3-4-8-16(14)17/h3-4,6,8,10-12,17H,5,7,9H2,1-2H3/t17-/m0/s1. The van der Waals surface area contributed by atoms with E-state index in [1.165, 1.54) is 16.4 Å². The Morgan fingerprint density at radius 3 is 2.64 bits per heavy atom. The summed E-state index contributed by atoms with van der Waals surface area (Å²) >= 11 is 0. The Labute approximate surface area is 147 Å². The van der Waals surface area contributed by atoms with Gasteiger partial charge in [-0.3, -0.25) is 10.1 Å². The monoisotopic (exact) mass is 360 g/mol. The molecule has 6 nitrogen and oxygen atoms in total. The average molecular weight is 360 g/mol. The molecule has 7 heteroatoms. The molecule has 0 aliphatic heterocycles. The molecule has 0 heterocycles. The van der Waals surface area contributed by atoms with Gasteiger partial charge in [-0.1, -0.05) is 30.3 Å². The molecule has 3 rings (SSSR count). The summed E-state index contributed by atoms with van der Waals surface area (Å²) in [5, 5.41) is 11.1. The lowest BCUT2D eigenvalue weighted by Gasteiger charge is -2.32. The van der Waals surface area contributed by atoms with Gasteiger partial charge in [0.2, 0.25) is 10.0 Å². The number of aryl methyl sites for hydroxylation is 2. The van der Waals surface area contributed by atoms with Crippen LogP contribution >= 0.6 is 0 Å². The van der Waals surface area contributed by atoms with Crippen LogP contribution in [0.5, 0.6) is 0 Å². The van der Waals surface area contributed by atoms with Crippen molar-refractivity contribution in [2.24, 2.45) is 0 Å².